The summed E-state index contributed by atoms with van der Waals surface area (Å²) < 4.78 is 34.9. The van der Waals surface area contributed by atoms with Crippen LogP contribution >= 0.6 is 24.2 Å². The van der Waals surface area contributed by atoms with Gasteiger partial charge in [0.15, 0.2) is 0 Å². The first-order valence-electron chi connectivity index (χ1n) is 4.05. The molecule has 3 nitrogen and oxygen atoms in total. The van der Waals surface area contributed by atoms with Crippen LogP contribution in [0.25, 0.3) is 0 Å². The third-order valence-electron chi connectivity index (χ3n) is 1.47. The van der Waals surface area contributed by atoms with E-state index in [-0.39, 0.29) is 54.8 Å². The zero-order valence-corrected chi connectivity index (χ0v) is 9.77. The Bertz CT molecular complexity index is 192. The lowest BCUT2D eigenvalue weighted by molar-refractivity contribution is -0.124. The number of nitrogens with one attached hydrogen (secondary N) is 1. The zero-order valence-electron chi connectivity index (χ0n) is 8.13. The van der Waals surface area contributed by atoms with Gasteiger partial charge in [0, 0.05) is 24.8 Å². The first-order chi connectivity index (χ1) is 6.37. The number of hydrogen-bond donors (Lipinski definition) is 2. The van der Waals surface area contributed by atoms with E-state index in [1.54, 1.807) is 6.92 Å². The van der Waals surface area contributed by atoms with Gasteiger partial charge in [-0.15, -0.1) is 12.4 Å². The summed E-state index contributed by atoms with van der Waals surface area (Å²) in [6, 6.07) is 0. The van der Waals surface area contributed by atoms with Crippen molar-refractivity contribution in [3.63, 3.8) is 0 Å². The average Bonchev–Trinajstić information content (AvgIpc) is 2.09. The molecule has 0 aromatic heterocycles. The molecule has 0 aromatic rings. The average molecular weight is 267 g/mol. The molecule has 0 spiro atoms. The summed E-state index contributed by atoms with van der Waals surface area (Å²) in [7, 11) is 0. The Labute approximate surface area is 96.8 Å². The van der Waals surface area contributed by atoms with Gasteiger partial charge in [0.2, 0.25) is 5.91 Å². The molecule has 15 heavy (non-hydrogen) atoms. The maximum absolute atomic E-state index is 11.6. The highest BCUT2D eigenvalue weighted by Crippen LogP contribution is 2.29. The van der Waals surface area contributed by atoms with E-state index in [0.29, 0.717) is 0 Å². The minimum absolute atomic E-state index is 0. The topological polar surface area (TPSA) is 55.1 Å². The van der Waals surface area contributed by atoms with Crippen LogP contribution in [0.4, 0.5) is 13.2 Å². The molecule has 92 valence electrons. The van der Waals surface area contributed by atoms with Crippen molar-refractivity contribution >= 4 is 30.1 Å². The van der Waals surface area contributed by atoms with Gasteiger partial charge < -0.3 is 11.1 Å². The maximum Gasteiger partial charge on any atom is 0.441 e. The fraction of sp³-hybridized carbons (Fsp3) is 0.857. The number of carbonyl (C=O) groups excluding carboxylic acids is 1. The summed E-state index contributed by atoms with van der Waals surface area (Å²) in [4.78, 5) is 11.0. The number of hydrogen-bond acceptors (Lipinski definition) is 3. The molecule has 0 rings (SSSR count). The standard InChI is InChI=1S/C7H13F3N2OS.ClH/c1-5(4-11)6(13)12-2-3-14-7(8,9)10;/h5H,2-4,11H2,1H3,(H,12,13);1H. The van der Waals surface area contributed by atoms with Gasteiger partial charge in [-0.05, 0) is 11.8 Å². The summed E-state index contributed by atoms with van der Waals surface area (Å²) >= 11 is -0.151. The van der Waals surface area contributed by atoms with Gasteiger partial charge in [0.05, 0.1) is 0 Å². The second-order valence-electron chi connectivity index (χ2n) is 2.72. The summed E-state index contributed by atoms with van der Waals surface area (Å²) in [6.45, 7) is 1.82. The van der Waals surface area contributed by atoms with Crippen molar-refractivity contribution < 1.29 is 18.0 Å². The molecule has 1 atom stereocenters. The highest BCUT2D eigenvalue weighted by Gasteiger charge is 2.27. The van der Waals surface area contributed by atoms with Crippen LogP contribution in [0.15, 0.2) is 0 Å². The van der Waals surface area contributed by atoms with E-state index in [4.69, 9.17) is 5.73 Å². The van der Waals surface area contributed by atoms with Crippen molar-refractivity contribution in [3.8, 4) is 0 Å². The molecule has 0 saturated carbocycles. The fourth-order valence-electron chi connectivity index (χ4n) is 0.622. The van der Waals surface area contributed by atoms with Gasteiger partial charge in [0.1, 0.15) is 0 Å². The number of carbonyl (C=O) groups is 1. The van der Waals surface area contributed by atoms with E-state index >= 15 is 0 Å². The molecule has 0 aliphatic heterocycles. The number of halogens is 4. The molecule has 0 aromatic carbocycles. The van der Waals surface area contributed by atoms with Gasteiger partial charge in [0.25, 0.3) is 0 Å². The Kier molecular flexibility index (Phi) is 9.28. The second-order valence-corrected chi connectivity index (χ2v) is 3.88. The monoisotopic (exact) mass is 266 g/mol. The summed E-state index contributed by atoms with van der Waals surface area (Å²) in [5, 5.41) is 2.37. The molecule has 1 amide bonds. The fourth-order valence-corrected chi connectivity index (χ4v) is 1.06. The van der Waals surface area contributed by atoms with Gasteiger partial charge in [-0.1, -0.05) is 6.92 Å². The molecule has 0 radical (unpaired) electrons. The Hall–Kier alpha value is -0.140. The SMILES string of the molecule is CC(CN)C(=O)NCCSC(F)(F)F.Cl. The molecule has 8 heteroatoms. The van der Waals surface area contributed by atoms with Crippen LogP contribution in [0.2, 0.25) is 0 Å². The van der Waals surface area contributed by atoms with Crippen molar-refractivity contribution in [2.24, 2.45) is 11.7 Å². The van der Waals surface area contributed by atoms with Gasteiger partial charge in [-0.25, -0.2) is 0 Å². The lowest BCUT2D eigenvalue weighted by Gasteiger charge is -2.10. The number of rotatable bonds is 5. The normalized spacial score (nSPS) is 12.9. The van der Waals surface area contributed by atoms with Crippen LogP contribution in [0.5, 0.6) is 0 Å². The summed E-state index contributed by atoms with van der Waals surface area (Å²) in [5.74, 6) is -0.840. The van der Waals surface area contributed by atoms with Crippen LogP contribution in [-0.2, 0) is 4.79 Å². The van der Waals surface area contributed by atoms with Crippen molar-refractivity contribution in [2.75, 3.05) is 18.8 Å². The highest BCUT2D eigenvalue weighted by atomic mass is 35.5. The Morgan fingerprint density at radius 1 is 1.53 bits per heavy atom. The van der Waals surface area contributed by atoms with Crippen LogP contribution in [0, 0.1) is 5.92 Å². The third-order valence-corrected chi connectivity index (χ3v) is 2.20. The van der Waals surface area contributed by atoms with E-state index in [1.807, 2.05) is 0 Å². The largest absolute Gasteiger partial charge is 0.441 e. The van der Waals surface area contributed by atoms with E-state index < -0.39 is 5.51 Å². The molecular formula is C7H14ClF3N2OS. The Balaban J connectivity index is 0. The lowest BCUT2D eigenvalue weighted by atomic mass is 10.2. The summed E-state index contributed by atoms with van der Waals surface area (Å²) in [5.41, 5.74) is 0.968. The number of amides is 1. The Morgan fingerprint density at radius 2 is 2.07 bits per heavy atom. The molecule has 3 N–H and O–H groups in total. The van der Waals surface area contributed by atoms with Crippen LogP contribution in [0.1, 0.15) is 6.92 Å². The van der Waals surface area contributed by atoms with Gasteiger partial charge >= 0.3 is 5.51 Å². The van der Waals surface area contributed by atoms with Crippen molar-refractivity contribution in [1.82, 2.24) is 5.32 Å². The predicted molar refractivity (Wildman–Crippen MR) is 57.0 cm³/mol. The minimum Gasteiger partial charge on any atom is -0.355 e. The molecular weight excluding hydrogens is 253 g/mol. The Morgan fingerprint density at radius 3 is 2.47 bits per heavy atom. The first-order valence-corrected chi connectivity index (χ1v) is 5.04. The molecule has 0 heterocycles. The van der Waals surface area contributed by atoms with Crippen molar-refractivity contribution in [3.05, 3.63) is 0 Å². The quantitative estimate of drug-likeness (QED) is 0.739. The van der Waals surface area contributed by atoms with Crippen LogP contribution < -0.4 is 11.1 Å². The molecule has 0 fully saturated rings. The smallest absolute Gasteiger partial charge is 0.355 e. The van der Waals surface area contributed by atoms with Gasteiger partial charge in [-0.2, -0.15) is 13.2 Å². The van der Waals surface area contributed by atoms with E-state index in [1.165, 1.54) is 0 Å². The van der Waals surface area contributed by atoms with Crippen molar-refractivity contribution in [2.45, 2.75) is 12.4 Å². The zero-order chi connectivity index (χ0) is 11.2. The lowest BCUT2D eigenvalue weighted by Crippen LogP contribution is -2.34. The molecule has 0 aliphatic rings. The molecule has 0 aliphatic carbocycles. The highest BCUT2D eigenvalue weighted by molar-refractivity contribution is 8.00. The first kappa shape index (κ1) is 17.3. The van der Waals surface area contributed by atoms with Crippen LogP contribution in [-0.4, -0.2) is 30.3 Å². The van der Waals surface area contributed by atoms with E-state index in [0.717, 1.165) is 0 Å². The third kappa shape index (κ3) is 10.1. The van der Waals surface area contributed by atoms with Crippen LogP contribution in [0.3, 0.4) is 0 Å². The molecule has 0 saturated heterocycles. The number of alkyl halides is 3. The second kappa shape index (κ2) is 8.06. The summed E-state index contributed by atoms with van der Waals surface area (Å²) in [6.07, 6.45) is 0. The van der Waals surface area contributed by atoms with Gasteiger partial charge in [-0.3, -0.25) is 4.79 Å². The minimum atomic E-state index is -4.23. The van der Waals surface area contributed by atoms with Crippen molar-refractivity contribution in [1.29, 1.82) is 0 Å². The molecule has 1 unspecified atom stereocenters. The maximum atomic E-state index is 11.6. The van der Waals surface area contributed by atoms with E-state index in [9.17, 15) is 18.0 Å². The van der Waals surface area contributed by atoms with E-state index in [2.05, 4.69) is 5.32 Å². The number of nitrogens with two attached hydrogens (primary N) is 1. The number of thioether (sulfide) groups is 1. The predicted octanol–water partition coefficient (Wildman–Crippen LogP) is 1.37. The molecule has 0 bridgehead atoms.